The third kappa shape index (κ3) is 2.46. The normalized spacial score (nSPS) is 10.4. The molecule has 0 amide bonds. The maximum atomic E-state index is 6.23. The maximum absolute atomic E-state index is 6.23. The number of hydrogen-bond donors (Lipinski definition) is 1. The van der Waals surface area contributed by atoms with Crippen LogP contribution in [0.5, 0.6) is 0 Å². The van der Waals surface area contributed by atoms with Gasteiger partial charge in [0, 0.05) is 22.7 Å². The molecule has 0 saturated heterocycles. The molecule has 0 fully saturated rings. The molecule has 1 heterocycles. The molecule has 0 saturated carbocycles. The molecular weight excluding hydrogens is 246 g/mol. The maximum Gasteiger partial charge on any atom is 0.133 e. The number of aromatic nitrogens is 2. The summed E-state index contributed by atoms with van der Waals surface area (Å²) < 4.78 is 0. The first-order valence-electron chi connectivity index (χ1n) is 5.97. The largest absolute Gasteiger partial charge is 0.370 e. The fraction of sp³-hybridized carbons (Fsp3) is 0.286. The average molecular weight is 262 g/mol. The second-order valence-corrected chi connectivity index (χ2v) is 4.51. The van der Waals surface area contributed by atoms with Gasteiger partial charge >= 0.3 is 0 Å². The van der Waals surface area contributed by atoms with E-state index in [0.717, 1.165) is 35.0 Å². The summed E-state index contributed by atoms with van der Waals surface area (Å²) >= 11 is 6.23. The number of aryl methyl sites for hydroxylation is 1. The summed E-state index contributed by atoms with van der Waals surface area (Å²) in [5, 5.41) is 3.96. The molecule has 0 aliphatic carbocycles. The van der Waals surface area contributed by atoms with Crippen LogP contribution in [0.2, 0.25) is 5.02 Å². The van der Waals surface area contributed by atoms with Gasteiger partial charge in [-0.2, -0.15) is 0 Å². The minimum atomic E-state index is 0.709. The van der Waals surface area contributed by atoms with Gasteiger partial charge in [-0.3, -0.25) is 0 Å². The van der Waals surface area contributed by atoms with Gasteiger partial charge < -0.3 is 5.32 Å². The van der Waals surface area contributed by atoms with Gasteiger partial charge in [-0.25, -0.2) is 9.97 Å². The number of hydrogen-bond acceptors (Lipinski definition) is 3. The average Bonchev–Trinajstić information content (AvgIpc) is 2.34. The molecule has 94 valence electrons. The van der Waals surface area contributed by atoms with Crippen LogP contribution < -0.4 is 5.32 Å². The van der Waals surface area contributed by atoms with Crippen molar-refractivity contribution in [3.8, 4) is 11.3 Å². The Morgan fingerprint density at radius 1 is 1.17 bits per heavy atom. The third-order valence-corrected chi connectivity index (χ3v) is 3.06. The minimum absolute atomic E-state index is 0.709. The highest BCUT2D eigenvalue weighted by molar-refractivity contribution is 6.33. The molecule has 0 bridgehead atoms. The summed E-state index contributed by atoms with van der Waals surface area (Å²) in [7, 11) is 0. The Kier molecular flexibility index (Phi) is 3.82. The molecule has 2 aromatic rings. The summed E-state index contributed by atoms with van der Waals surface area (Å²) in [6, 6.07) is 7.74. The Labute approximate surface area is 112 Å². The van der Waals surface area contributed by atoms with Gasteiger partial charge in [-0.1, -0.05) is 29.8 Å². The van der Waals surface area contributed by atoms with Gasteiger partial charge in [0.05, 0.1) is 5.69 Å². The SMILES string of the molecule is CCNc1nc(C)nc(-c2ccccc2Cl)c1C. The summed E-state index contributed by atoms with van der Waals surface area (Å²) in [5.41, 5.74) is 2.86. The van der Waals surface area contributed by atoms with Gasteiger partial charge in [0.15, 0.2) is 0 Å². The number of halogens is 1. The lowest BCUT2D eigenvalue weighted by atomic mass is 10.1. The lowest BCUT2D eigenvalue weighted by Crippen LogP contribution is -2.06. The second kappa shape index (κ2) is 5.36. The van der Waals surface area contributed by atoms with E-state index in [4.69, 9.17) is 11.6 Å². The van der Waals surface area contributed by atoms with Crippen LogP contribution in [0.25, 0.3) is 11.3 Å². The zero-order chi connectivity index (χ0) is 13.1. The molecule has 4 heteroatoms. The van der Waals surface area contributed by atoms with E-state index < -0.39 is 0 Å². The Morgan fingerprint density at radius 3 is 2.56 bits per heavy atom. The fourth-order valence-corrected chi connectivity index (χ4v) is 2.11. The number of anilines is 1. The molecule has 0 spiro atoms. The number of nitrogens with one attached hydrogen (secondary N) is 1. The summed E-state index contributed by atoms with van der Waals surface area (Å²) in [6.45, 7) is 6.78. The zero-order valence-corrected chi connectivity index (χ0v) is 11.5. The lowest BCUT2D eigenvalue weighted by molar-refractivity contribution is 1.02. The minimum Gasteiger partial charge on any atom is -0.370 e. The Balaban J connectivity index is 2.61. The van der Waals surface area contributed by atoms with Crippen LogP contribution in [0.3, 0.4) is 0 Å². The van der Waals surface area contributed by atoms with E-state index in [1.54, 1.807) is 0 Å². The van der Waals surface area contributed by atoms with Crippen LogP contribution in [0.1, 0.15) is 18.3 Å². The lowest BCUT2D eigenvalue weighted by Gasteiger charge is -2.12. The van der Waals surface area contributed by atoms with Crippen LogP contribution in [0.4, 0.5) is 5.82 Å². The van der Waals surface area contributed by atoms with Crippen molar-refractivity contribution in [1.29, 1.82) is 0 Å². The van der Waals surface area contributed by atoms with E-state index in [0.29, 0.717) is 5.02 Å². The van der Waals surface area contributed by atoms with Crippen molar-refractivity contribution >= 4 is 17.4 Å². The molecule has 1 aromatic heterocycles. The summed E-state index contributed by atoms with van der Waals surface area (Å²) in [6.07, 6.45) is 0. The van der Waals surface area contributed by atoms with Crippen molar-refractivity contribution in [2.24, 2.45) is 0 Å². The smallest absolute Gasteiger partial charge is 0.133 e. The van der Waals surface area contributed by atoms with E-state index in [-0.39, 0.29) is 0 Å². The predicted octanol–water partition coefficient (Wildman–Crippen LogP) is 3.85. The predicted molar refractivity (Wildman–Crippen MR) is 76.1 cm³/mol. The van der Waals surface area contributed by atoms with E-state index in [2.05, 4.69) is 15.3 Å². The number of rotatable bonds is 3. The van der Waals surface area contributed by atoms with Crippen molar-refractivity contribution < 1.29 is 0 Å². The van der Waals surface area contributed by atoms with Crippen molar-refractivity contribution in [3.05, 3.63) is 40.7 Å². The van der Waals surface area contributed by atoms with Crippen LogP contribution >= 0.6 is 11.6 Å². The molecule has 1 N–H and O–H groups in total. The standard InChI is InChI=1S/C14H16ClN3/c1-4-16-14-9(2)13(17-10(3)18-14)11-7-5-6-8-12(11)15/h5-8H,4H2,1-3H3,(H,16,17,18). The summed E-state index contributed by atoms with van der Waals surface area (Å²) in [4.78, 5) is 8.92. The molecule has 18 heavy (non-hydrogen) atoms. The molecule has 0 unspecified atom stereocenters. The molecule has 2 rings (SSSR count). The fourth-order valence-electron chi connectivity index (χ4n) is 1.88. The van der Waals surface area contributed by atoms with Crippen LogP contribution in [-0.4, -0.2) is 16.5 Å². The Bertz CT molecular complexity index is 567. The highest BCUT2D eigenvalue weighted by atomic mass is 35.5. The van der Waals surface area contributed by atoms with Gasteiger partial charge in [0.2, 0.25) is 0 Å². The van der Waals surface area contributed by atoms with Crippen molar-refractivity contribution in [2.45, 2.75) is 20.8 Å². The van der Waals surface area contributed by atoms with E-state index in [1.165, 1.54) is 0 Å². The van der Waals surface area contributed by atoms with E-state index in [9.17, 15) is 0 Å². The van der Waals surface area contributed by atoms with Crippen molar-refractivity contribution in [3.63, 3.8) is 0 Å². The van der Waals surface area contributed by atoms with Gasteiger partial charge in [0.1, 0.15) is 11.6 Å². The second-order valence-electron chi connectivity index (χ2n) is 4.10. The Morgan fingerprint density at radius 2 is 1.89 bits per heavy atom. The van der Waals surface area contributed by atoms with Crippen LogP contribution in [-0.2, 0) is 0 Å². The van der Waals surface area contributed by atoms with Gasteiger partial charge in [-0.05, 0) is 26.8 Å². The van der Waals surface area contributed by atoms with Gasteiger partial charge in [0.25, 0.3) is 0 Å². The quantitative estimate of drug-likeness (QED) is 0.912. The van der Waals surface area contributed by atoms with Gasteiger partial charge in [-0.15, -0.1) is 0 Å². The number of benzene rings is 1. The first-order valence-corrected chi connectivity index (χ1v) is 6.35. The van der Waals surface area contributed by atoms with Crippen LogP contribution in [0.15, 0.2) is 24.3 Å². The molecule has 0 radical (unpaired) electrons. The van der Waals surface area contributed by atoms with Crippen LogP contribution in [0, 0.1) is 13.8 Å². The first-order chi connectivity index (χ1) is 8.63. The van der Waals surface area contributed by atoms with E-state index in [1.807, 2.05) is 45.0 Å². The number of nitrogens with zero attached hydrogens (tertiary/aromatic N) is 2. The molecule has 0 aliphatic rings. The molecular formula is C14H16ClN3. The third-order valence-electron chi connectivity index (χ3n) is 2.73. The zero-order valence-electron chi connectivity index (χ0n) is 10.8. The van der Waals surface area contributed by atoms with E-state index >= 15 is 0 Å². The summed E-state index contributed by atoms with van der Waals surface area (Å²) in [5.74, 6) is 1.62. The highest BCUT2D eigenvalue weighted by Gasteiger charge is 2.12. The topological polar surface area (TPSA) is 37.8 Å². The first kappa shape index (κ1) is 12.8. The Hall–Kier alpha value is -1.61. The molecule has 1 aromatic carbocycles. The van der Waals surface area contributed by atoms with Crippen molar-refractivity contribution in [1.82, 2.24) is 9.97 Å². The monoisotopic (exact) mass is 261 g/mol. The van der Waals surface area contributed by atoms with Crippen molar-refractivity contribution in [2.75, 3.05) is 11.9 Å². The molecule has 3 nitrogen and oxygen atoms in total. The molecule has 0 aliphatic heterocycles. The highest BCUT2D eigenvalue weighted by Crippen LogP contribution is 2.30. The molecule has 0 atom stereocenters.